The van der Waals surface area contributed by atoms with Crippen LogP contribution < -0.4 is 0 Å². The van der Waals surface area contributed by atoms with Crippen LogP contribution in [0.2, 0.25) is 0 Å². The first-order valence-corrected chi connectivity index (χ1v) is 5.73. The lowest BCUT2D eigenvalue weighted by Crippen LogP contribution is -1.96. The second-order valence-electron chi connectivity index (χ2n) is 2.01. The maximum absolute atomic E-state index is 10.5. The van der Waals surface area contributed by atoms with Gasteiger partial charge in [-0.2, -0.15) is 0 Å². The van der Waals surface area contributed by atoms with E-state index in [-0.39, 0.29) is 5.69 Å². The zero-order chi connectivity index (χ0) is 9.84. The highest BCUT2D eigenvalue weighted by atomic mass is 32.2. The monoisotopic (exact) mass is 217 g/mol. The Kier molecular flexibility index (Phi) is 3.49. The van der Waals surface area contributed by atoms with Gasteiger partial charge in [-0.05, 0) is 12.5 Å². The quantitative estimate of drug-likeness (QED) is 0.253. The summed E-state index contributed by atoms with van der Waals surface area (Å²) in [5, 5.41) is 11.4. The van der Waals surface area contributed by atoms with Gasteiger partial charge in [0.05, 0.1) is 4.92 Å². The van der Waals surface area contributed by atoms with E-state index >= 15 is 0 Å². The van der Waals surface area contributed by atoms with Crippen LogP contribution in [-0.4, -0.2) is 27.4 Å². The lowest BCUT2D eigenvalue weighted by atomic mass is 10.6. The van der Waals surface area contributed by atoms with Gasteiger partial charge in [-0.15, -0.1) is 11.8 Å². The summed E-state index contributed by atoms with van der Waals surface area (Å²) in [5.41, 5.74) is -0.0368. The Morgan fingerprint density at radius 1 is 1.46 bits per heavy atom. The van der Waals surface area contributed by atoms with Crippen molar-refractivity contribution in [1.82, 2.24) is 9.97 Å². The van der Waals surface area contributed by atoms with Gasteiger partial charge in [0.15, 0.2) is 10.2 Å². The number of aromatic nitrogens is 2. The van der Waals surface area contributed by atoms with Gasteiger partial charge in [-0.1, -0.05) is 11.8 Å². The van der Waals surface area contributed by atoms with Crippen LogP contribution in [0.15, 0.2) is 16.4 Å². The third-order valence-corrected chi connectivity index (χ3v) is 2.54. The number of nitrogens with zero attached hydrogens (tertiary/aromatic N) is 3. The maximum Gasteiger partial charge on any atom is 0.319 e. The molecule has 0 amide bonds. The first-order chi connectivity index (χ1) is 6.19. The minimum Gasteiger partial charge on any atom is -0.258 e. The van der Waals surface area contributed by atoms with E-state index in [1.165, 1.54) is 29.7 Å². The van der Waals surface area contributed by atoms with Crippen LogP contribution >= 0.6 is 23.5 Å². The average molecular weight is 217 g/mol. The molecule has 13 heavy (non-hydrogen) atoms. The molecular weight excluding hydrogens is 210 g/mol. The van der Waals surface area contributed by atoms with Gasteiger partial charge in [-0.3, -0.25) is 10.1 Å². The fourth-order valence-corrected chi connectivity index (χ4v) is 1.63. The number of thioether (sulfide) groups is 2. The van der Waals surface area contributed by atoms with Gasteiger partial charge in [0.1, 0.15) is 6.20 Å². The van der Waals surface area contributed by atoms with Crippen LogP contribution in [0.3, 0.4) is 0 Å². The van der Waals surface area contributed by atoms with Crippen molar-refractivity contribution in [2.75, 3.05) is 12.5 Å². The lowest BCUT2D eigenvalue weighted by Gasteiger charge is -1.99. The Morgan fingerprint density at radius 2 is 2.15 bits per heavy atom. The first kappa shape index (κ1) is 10.3. The smallest absolute Gasteiger partial charge is 0.258 e. The number of hydrogen-bond acceptors (Lipinski definition) is 6. The molecule has 70 valence electrons. The van der Waals surface area contributed by atoms with E-state index in [4.69, 9.17) is 0 Å². The van der Waals surface area contributed by atoms with Crippen LogP contribution in [0.1, 0.15) is 0 Å². The Morgan fingerprint density at radius 3 is 2.62 bits per heavy atom. The van der Waals surface area contributed by atoms with E-state index in [2.05, 4.69) is 9.97 Å². The van der Waals surface area contributed by atoms with E-state index in [0.29, 0.717) is 10.2 Å². The van der Waals surface area contributed by atoms with Crippen LogP contribution in [-0.2, 0) is 0 Å². The summed E-state index contributed by atoms with van der Waals surface area (Å²) in [6.07, 6.45) is 4.81. The molecule has 0 atom stereocenters. The molecule has 0 spiro atoms. The molecule has 0 unspecified atom stereocenters. The zero-order valence-corrected chi connectivity index (χ0v) is 8.68. The molecule has 0 fully saturated rings. The Bertz CT molecular complexity index is 332. The number of hydrogen-bond donors (Lipinski definition) is 0. The largest absolute Gasteiger partial charge is 0.319 e. The highest BCUT2D eigenvalue weighted by Crippen LogP contribution is 2.25. The summed E-state index contributed by atoms with van der Waals surface area (Å²) >= 11 is 2.61. The highest BCUT2D eigenvalue weighted by Gasteiger charge is 2.15. The molecule has 0 aliphatic heterocycles. The van der Waals surface area contributed by atoms with E-state index in [0.717, 1.165) is 0 Å². The summed E-state index contributed by atoms with van der Waals surface area (Å²) < 4.78 is 0. The van der Waals surface area contributed by atoms with Crippen molar-refractivity contribution < 1.29 is 4.92 Å². The Hall–Kier alpha value is -0.820. The summed E-state index contributed by atoms with van der Waals surface area (Å²) in [6.45, 7) is 0. The molecule has 1 rings (SSSR count). The van der Waals surface area contributed by atoms with Gasteiger partial charge in [0.2, 0.25) is 0 Å². The van der Waals surface area contributed by atoms with Gasteiger partial charge in [0, 0.05) is 0 Å². The number of nitro groups is 1. The van der Waals surface area contributed by atoms with Crippen molar-refractivity contribution in [2.24, 2.45) is 0 Å². The molecule has 0 aliphatic carbocycles. The molecule has 0 aromatic carbocycles. The van der Waals surface area contributed by atoms with E-state index < -0.39 is 4.92 Å². The van der Waals surface area contributed by atoms with Crippen LogP contribution in [0.4, 0.5) is 5.69 Å². The van der Waals surface area contributed by atoms with Gasteiger partial charge in [-0.25, -0.2) is 9.97 Å². The summed E-state index contributed by atoms with van der Waals surface area (Å²) in [4.78, 5) is 17.8. The van der Waals surface area contributed by atoms with E-state index in [1.807, 2.05) is 6.26 Å². The van der Waals surface area contributed by atoms with Crippen molar-refractivity contribution >= 4 is 29.2 Å². The standard InChI is InChI=1S/C6H7N3O2S2/c1-12-5-4(9(10)11)3-7-6(8-5)13-2/h3H,1-2H3. The van der Waals surface area contributed by atoms with Crippen molar-refractivity contribution in [3.05, 3.63) is 16.3 Å². The van der Waals surface area contributed by atoms with Gasteiger partial charge < -0.3 is 0 Å². The fourth-order valence-electron chi connectivity index (χ4n) is 0.718. The molecular formula is C6H7N3O2S2. The fraction of sp³-hybridized carbons (Fsp3) is 0.333. The minimum atomic E-state index is -0.476. The molecule has 1 heterocycles. The molecule has 7 heteroatoms. The molecule has 5 nitrogen and oxygen atoms in total. The summed E-state index contributed by atoms with van der Waals surface area (Å²) in [6, 6.07) is 0. The summed E-state index contributed by atoms with van der Waals surface area (Å²) in [5.74, 6) is 0. The second kappa shape index (κ2) is 4.43. The molecule has 0 N–H and O–H groups in total. The molecule has 0 saturated heterocycles. The summed E-state index contributed by atoms with van der Waals surface area (Å²) in [7, 11) is 0. The SMILES string of the molecule is CSc1ncc([N+](=O)[O-])c(SC)n1. The molecule has 0 saturated carbocycles. The maximum atomic E-state index is 10.5. The Balaban J connectivity index is 3.15. The molecule has 0 bridgehead atoms. The second-order valence-corrected chi connectivity index (χ2v) is 3.58. The molecule has 1 aromatic rings. The van der Waals surface area contributed by atoms with E-state index in [1.54, 1.807) is 6.26 Å². The van der Waals surface area contributed by atoms with Crippen LogP contribution in [0.5, 0.6) is 0 Å². The Labute approximate surface area is 83.5 Å². The average Bonchev–Trinajstić information content (AvgIpc) is 2.16. The minimum absolute atomic E-state index is 0.0368. The van der Waals surface area contributed by atoms with Crippen molar-refractivity contribution in [1.29, 1.82) is 0 Å². The van der Waals surface area contributed by atoms with Crippen molar-refractivity contribution in [3.8, 4) is 0 Å². The van der Waals surface area contributed by atoms with Gasteiger partial charge >= 0.3 is 5.69 Å². The van der Waals surface area contributed by atoms with Crippen LogP contribution in [0.25, 0.3) is 0 Å². The highest BCUT2D eigenvalue weighted by molar-refractivity contribution is 7.99. The lowest BCUT2D eigenvalue weighted by molar-refractivity contribution is -0.388. The van der Waals surface area contributed by atoms with Gasteiger partial charge in [0.25, 0.3) is 0 Å². The third kappa shape index (κ3) is 2.31. The topological polar surface area (TPSA) is 68.9 Å². The van der Waals surface area contributed by atoms with Crippen LogP contribution in [0, 0.1) is 10.1 Å². The zero-order valence-electron chi connectivity index (χ0n) is 7.05. The first-order valence-electron chi connectivity index (χ1n) is 3.28. The molecule has 0 aliphatic rings. The van der Waals surface area contributed by atoms with Crippen molar-refractivity contribution in [2.45, 2.75) is 10.2 Å². The predicted octanol–water partition coefficient (Wildman–Crippen LogP) is 1.83. The predicted molar refractivity (Wildman–Crippen MR) is 52.2 cm³/mol. The van der Waals surface area contributed by atoms with E-state index in [9.17, 15) is 10.1 Å². The number of rotatable bonds is 3. The molecule has 1 aromatic heterocycles. The third-order valence-electron chi connectivity index (χ3n) is 1.29. The molecule has 0 radical (unpaired) electrons. The normalized spacial score (nSPS) is 10.0. The van der Waals surface area contributed by atoms with Crippen molar-refractivity contribution in [3.63, 3.8) is 0 Å².